The summed E-state index contributed by atoms with van der Waals surface area (Å²) in [6.07, 6.45) is 1.61. The zero-order valence-electron chi connectivity index (χ0n) is 9.47. The Morgan fingerprint density at radius 3 is 2.75 bits per heavy atom. The van der Waals surface area contributed by atoms with Crippen LogP contribution in [0.2, 0.25) is 0 Å². The molecule has 0 aromatic carbocycles. The van der Waals surface area contributed by atoms with E-state index in [0.29, 0.717) is 5.69 Å². The summed E-state index contributed by atoms with van der Waals surface area (Å²) in [6, 6.07) is 1.86. The first-order valence-electron chi connectivity index (χ1n) is 4.86. The van der Waals surface area contributed by atoms with Gasteiger partial charge in [0.2, 0.25) is 5.91 Å². The first-order chi connectivity index (χ1) is 7.36. The maximum Gasteiger partial charge on any atom is 0.231 e. The Hall–Kier alpha value is -0.610. The quantitative estimate of drug-likeness (QED) is 0.687. The van der Waals surface area contributed by atoms with Crippen molar-refractivity contribution in [3.63, 3.8) is 0 Å². The number of aromatic nitrogens is 1. The molecule has 1 N–H and O–H groups in total. The van der Waals surface area contributed by atoms with Crippen molar-refractivity contribution in [2.24, 2.45) is 5.41 Å². The highest BCUT2D eigenvalue weighted by molar-refractivity contribution is 9.10. The van der Waals surface area contributed by atoms with Gasteiger partial charge >= 0.3 is 0 Å². The Balaban J connectivity index is 2.82. The fraction of sp³-hybridized carbons (Fsp3) is 0.455. The van der Waals surface area contributed by atoms with Gasteiger partial charge in [0.1, 0.15) is 4.60 Å². The largest absolute Gasteiger partial charge is 0.324 e. The fourth-order valence-corrected chi connectivity index (χ4v) is 1.33. The highest BCUT2D eigenvalue weighted by Crippen LogP contribution is 2.21. The summed E-state index contributed by atoms with van der Waals surface area (Å²) < 4.78 is 0.780. The standard InChI is InChI=1S/C11H14BrClN2O/c1-7-4-8(5-14-9(7)12)15-10(16)11(2,3)6-13/h4-5H,6H2,1-3H3,(H,15,16). The second-order valence-electron chi connectivity index (χ2n) is 4.30. The lowest BCUT2D eigenvalue weighted by Crippen LogP contribution is -2.32. The molecule has 0 spiro atoms. The van der Waals surface area contributed by atoms with Crippen molar-refractivity contribution in [2.45, 2.75) is 20.8 Å². The Morgan fingerprint density at radius 1 is 1.62 bits per heavy atom. The van der Waals surface area contributed by atoms with E-state index in [1.54, 1.807) is 20.0 Å². The first-order valence-corrected chi connectivity index (χ1v) is 6.19. The molecule has 1 rings (SSSR count). The normalized spacial score (nSPS) is 11.3. The van der Waals surface area contributed by atoms with E-state index in [0.717, 1.165) is 10.2 Å². The molecule has 0 radical (unpaired) electrons. The zero-order valence-corrected chi connectivity index (χ0v) is 11.8. The summed E-state index contributed by atoms with van der Waals surface area (Å²) in [6.45, 7) is 5.52. The van der Waals surface area contributed by atoms with Crippen LogP contribution in [0.1, 0.15) is 19.4 Å². The third-order valence-corrected chi connectivity index (χ3v) is 3.72. The van der Waals surface area contributed by atoms with Gasteiger partial charge < -0.3 is 5.32 Å². The molecule has 0 aliphatic heterocycles. The highest BCUT2D eigenvalue weighted by Gasteiger charge is 2.26. The highest BCUT2D eigenvalue weighted by atomic mass is 79.9. The van der Waals surface area contributed by atoms with Crippen molar-refractivity contribution in [1.82, 2.24) is 4.98 Å². The van der Waals surface area contributed by atoms with Crippen LogP contribution in [0.25, 0.3) is 0 Å². The maximum absolute atomic E-state index is 11.8. The topological polar surface area (TPSA) is 42.0 Å². The predicted octanol–water partition coefficient (Wildman–Crippen LogP) is 3.36. The van der Waals surface area contributed by atoms with E-state index in [1.807, 2.05) is 13.0 Å². The molecule has 1 amide bonds. The van der Waals surface area contributed by atoms with Gasteiger partial charge in [-0.2, -0.15) is 0 Å². The number of pyridine rings is 1. The van der Waals surface area contributed by atoms with Crippen molar-refractivity contribution in [1.29, 1.82) is 0 Å². The Morgan fingerprint density at radius 2 is 2.25 bits per heavy atom. The number of alkyl halides is 1. The smallest absolute Gasteiger partial charge is 0.231 e. The molecular formula is C11H14BrClN2O. The summed E-state index contributed by atoms with van der Waals surface area (Å²) in [5, 5.41) is 2.79. The average Bonchev–Trinajstić information content (AvgIpc) is 2.23. The van der Waals surface area contributed by atoms with Crippen LogP contribution in [0.3, 0.4) is 0 Å². The molecule has 0 aliphatic carbocycles. The van der Waals surface area contributed by atoms with Gasteiger partial charge in [-0.3, -0.25) is 4.79 Å². The molecule has 0 atom stereocenters. The Labute approximate surface area is 109 Å². The molecule has 1 aromatic heterocycles. The number of rotatable bonds is 3. The summed E-state index contributed by atoms with van der Waals surface area (Å²) in [5.41, 5.74) is 1.08. The van der Waals surface area contributed by atoms with Crippen LogP contribution < -0.4 is 5.32 Å². The van der Waals surface area contributed by atoms with Crippen molar-refractivity contribution < 1.29 is 4.79 Å². The van der Waals surface area contributed by atoms with Crippen LogP contribution >= 0.6 is 27.5 Å². The molecule has 1 heterocycles. The second kappa shape index (κ2) is 5.15. The Bertz CT molecular complexity index is 407. The molecule has 3 nitrogen and oxygen atoms in total. The van der Waals surface area contributed by atoms with Gasteiger partial charge in [-0.1, -0.05) is 0 Å². The number of carbonyl (C=O) groups is 1. The van der Waals surface area contributed by atoms with E-state index in [4.69, 9.17) is 11.6 Å². The molecule has 0 bridgehead atoms. The number of nitrogens with one attached hydrogen (secondary N) is 1. The van der Waals surface area contributed by atoms with E-state index in [2.05, 4.69) is 26.2 Å². The van der Waals surface area contributed by atoms with Gasteiger partial charge in [0, 0.05) is 5.88 Å². The lowest BCUT2D eigenvalue weighted by molar-refractivity contribution is -0.122. The van der Waals surface area contributed by atoms with Crippen molar-refractivity contribution in [3.8, 4) is 0 Å². The monoisotopic (exact) mass is 304 g/mol. The van der Waals surface area contributed by atoms with Crippen LogP contribution in [0.5, 0.6) is 0 Å². The second-order valence-corrected chi connectivity index (χ2v) is 5.32. The molecule has 16 heavy (non-hydrogen) atoms. The summed E-state index contributed by atoms with van der Waals surface area (Å²) in [4.78, 5) is 15.9. The molecule has 0 saturated heterocycles. The molecule has 0 unspecified atom stereocenters. The summed E-state index contributed by atoms with van der Waals surface area (Å²) in [7, 11) is 0. The Kier molecular flexibility index (Phi) is 4.33. The molecule has 5 heteroatoms. The fourth-order valence-electron chi connectivity index (χ4n) is 0.987. The average molecular weight is 306 g/mol. The van der Waals surface area contributed by atoms with E-state index in [9.17, 15) is 4.79 Å². The number of nitrogens with zero attached hydrogens (tertiary/aromatic N) is 1. The summed E-state index contributed by atoms with van der Waals surface area (Å²) >= 11 is 9.03. The first kappa shape index (κ1) is 13.5. The number of aryl methyl sites for hydroxylation is 1. The van der Waals surface area contributed by atoms with E-state index in [-0.39, 0.29) is 11.8 Å². The molecule has 0 aliphatic rings. The minimum Gasteiger partial charge on any atom is -0.324 e. The van der Waals surface area contributed by atoms with Gasteiger partial charge in [0.05, 0.1) is 17.3 Å². The minimum absolute atomic E-state index is 0.106. The number of anilines is 1. The number of hydrogen-bond donors (Lipinski definition) is 1. The zero-order chi connectivity index (χ0) is 12.3. The number of carbonyl (C=O) groups excluding carboxylic acids is 1. The van der Waals surface area contributed by atoms with Crippen LogP contribution in [0.15, 0.2) is 16.9 Å². The molecule has 88 valence electrons. The third-order valence-electron chi connectivity index (χ3n) is 2.22. The van der Waals surface area contributed by atoms with Gasteiger partial charge in [-0.05, 0) is 48.3 Å². The molecular weight excluding hydrogens is 291 g/mol. The van der Waals surface area contributed by atoms with Crippen molar-refractivity contribution >= 4 is 39.1 Å². The predicted molar refractivity (Wildman–Crippen MR) is 69.8 cm³/mol. The van der Waals surface area contributed by atoms with Gasteiger partial charge in [-0.15, -0.1) is 11.6 Å². The van der Waals surface area contributed by atoms with Gasteiger partial charge in [0.15, 0.2) is 0 Å². The lowest BCUT2D eigenvalue weighted by Gasteiger charge is -2.20. The van der Waals surface area contributed by atoms with Crippen LogP contribution in [0, 0.1) is 12.3 Å². The van der Waals surface area contributed by atoms with E-state index < -0.39 is 5.41 Å². The van der Waals surface area contributed by atoms with E-state index >= 15 is 0 Å². The van der Waals surface area contributed by atoms with Crippen LogP contribution in [-0.2, 0) is 4.79 Å². The van der Waals surface area contributed by atoms with Crippen molar-refractivity contribution in [3.05, 3.63) is 22.4 Å². The third kappa shape index (κ3) is 3.19. The molecule has 0 saturated carbocycles. The number of amides is 1. The van der Waals surface area contributed by atoms with Gasteiger partial charge in [0.25, 0.3) is 0 Å². The van der Waals surface area contributed by atoms with Gasteiger partial charge in [-0.25, -0.2) is 4.98 Å². The lowest BCUT2D eigenvalue weighted by atomic mass is 9.95. The summed E-state index contributed by atoms with van der Waals surface area (Å²) in [5.74, 6) is 0.174. The van der Waals surface area contributed by atoms with Crippen LogP contribution in [-0.4, -0.2) is 16.8 Å². The minimum atomic E-state index is -0.581. The molecule has 0 fully saturated rings. The van der Waals surface area contributed by atoms with Crippen LogP contribution in [0.4, 0.5) is 5.69 Å². The SMILES string of the molecule is Cc1cc(NC(=O)C(C)(C)CCl)cnc1Br. The number of halogens is 2. The van der Waals surface area contributed by atoms with E-state index in [1.165, 1.54) is 0 Å². The molecule has 1 aromatic rings. The van der Waals surface area contributed by atoms with Crippen molar-refractivity contribution in [2.75, 3.05) is 11.2 Å². The number of hydrogen-bond acceptors (Lipinski definition) is 2. The maximum atomic E-state index is 11.8.